The van der Waals surface area contributed by atoms with E-state index in [1.54, 1.807) is 5.56 Å². The van der Waals surface area contributed by atoms with Gasteiger partial charge in [0.15, 0.2) is 0 Å². The van der Waals surface area contributed by atoms with Gasteiger partial charge in [-0.25, -0.2) is 0 Å². The molecule has 0 aliphatic heterocycles. The number of hydrogen-bond acceptors (Lipinski definition) is 0. The van der Waals surface area contributed by atoms with E-state index in [0.29, 0.717) is 0 Å². The topological polar surface area (TPSA) is 0 Å². The van der Waals surface area contributed by atoms with Crippen LogP contribution in [0.1, 0.15) is 36.8 Å². The van der Waals surface area contributed by atoms with Gasteiger partial charge < -0.3 is 14.4 Å². The number of hydrogen-bond donors (Lipinski definition) is 0. The Morgan fingerprint density at radius 2 is 2.00 bits per heavy atom. The molecule has 1 fully saturated rings. The first-order valence-corrected chi connectivity index (χ1v) is 5.23. The molecular weight excluding hydrogens is 406 g/mol. The van der Waals surface area contributed by atoms with Crippen molar-refractivity contribution in [1.29, 1.82) is 0 Å². The van der Waals surface area contributed by atoms with E-state index in [1.807, 2.05) is 0 Å². The fourth-order valence-electron chi connectivity index (χ4n) is 2.20. The first-order valence-electron chi connectivity index (χ1n) is 5.23. The maximum Gasteiger partial charge on any atom is 2.00 e. The Hall–Kier alpha value is 0.272. The van der Waals surface area contributed by atoms with Crippen molar-refractivity contribution in [2.75, 3.05) is 0 Å². The van der Waals surface area contributed by atoms with Gasteiger partial charge in [-0.1, -0.05) is 43.2 Å². The van der Waals surface area contributed by atoms with Gasteiger partial charge in [0, 0.05) is 0 Å². The number of rotatable bonds is 3. The van der Waals surface area contributed by atoms with E-state index < -0.39 is 0 Å². The Bertz CT molecular complexity index is 293. The predicted octanol–water partition coefficient (Wildman–Crippen LogP) is 4.03. The predicted molar refractivity (Wildman–Crippen MR) is 63.1 cm³/mol. The molecule has 0 heterocycles. The molecule has 0 spiro atoms. The third kappa shape index (κ3) is 3.37. The largest absolute Gasteiger partial charge is 2.00 e. The van der Waals surface area contributed by atoms with Crippen LogP contribution in [0.5, 0.6) is 0 Å². The summed E-state index contributed by atoms with van der Waals surface area (Å²) in [6, 6.07) is 8.76. The molecular formula is C14H20U. The maximum atomic E-state index is 3.98. The molecule has 1 saturated carbocycles. The van der Waals surface area contributed by atoms with Gasteiger partial charge in [-0.3, -0.25) is 0 Å². The van der Waals surface area contributed by atoms with E-state index in [2.05, 4.69) is 38.1 Å². The molecule has 1 aliphatic carbocycles. The standard InChI is InChI=1S/C13H17.CH3.U/c1-3-10-7-5-6-8-12(10)13-9-11(13)4-2;;/h5-8,11,13H,1,3-4,9H2,2H3;1H3;/q2*-1;+2/t11-,13+;;/m1../s1. The molecule has 80 valence electrons. The summed E-state index contributed by atoms with van der Waals surface area (Å²) < 4.78 is 0. The molecule has 1 heteroatoms. The van der Waals surface area contributed by atoms with Crippen LogP contribution in [0.3, 0.4) is 0 Å². The molecule has 15 heavy (non-hydrogen) atoms. The SMILES string of the molecule is [CH2-]Cc1ccccc1[C@H]1C[C@H]1CC.[CH3-].[U+2]. The second-order valence-electron chi connectivity index (χ2n) is 3.96. The van der Waals surface area contributed by atoms with Crippen molar-refractivity contribution in [3.63, 3.8) is 0 Å². The van der Waals surface area contributed by atoms with Gasteiger partial charge in [-0.2, -0.15) is 6.42 Å². The normalized spacial score (nSPS) is 22.5. The van der Waals surface area contributed by atoms with Gasteiger partial charge in [0.25, 0.3) is 0 Å². The summed E-state index contributed by atoms with van der Waals surface area (Å²) in [5.41, 5.74) is 3.01. The van der Waals surface area contributed by atoms with E-state index in [-0.39, 0.29) is 38.5 Å². The van der Waals surface area contributed by atoms with Gasteiger partial charge >= 0.3 is 31.1 Å². The summed E-state index contributed by atoms with van der Waals surface area (Å²) in [6.07, 6.45) is 3.66. The molecule has 0 bridgehead atoms. The third-order valence-corrected chi connectivity index (χ3v) is 3.17. The van der Waals surface area contributed by atoms with Crippen molar-refractivity contribution in [3.05, 3.63) is 49.7 Å². The number of benzene rings is 1. The zero-order chi connectivity index (χ0) is 9.26. The quantitative estimate of drug-likeness (QED) is 0.641. The van der Waals surface area contributed by atoms with Crippen LogP contribution in [0.2, 0.25) is 0 Å². The van der Waals surface area contributed by atoms with E-state index >= 15 is 0 Å². The van der Waals surface area contributed by atoms with Gasteiger partial charge in [0.05, 0.1) is 0 Å². The van der Waals surface area contributed by atoms with E-state index in [0.717, 1.165) is 18.3 Å². The summed E-state index contributed by atoms with van der Waals surface area (Å²) in [5, 5.41) is 0. The smallest absolute Gasteiger partial charge is 0.358 e. The van der Waals surface area contributed by atoms with Crippen molar-refractivity contribution < 1.29 is 31.1 Å². The molecule has 0 aromatic heterocycles. The Balaban J connectivity index is 0.000000980. The van der Waals surface area contributed by atoms with Crippen LogP contribution in [0.4, 0.5) is 0 Å². The van der Waals surface area contributed by atoms with Gasteiger partial charge in [0.1, 0.15) is 0 Å². The van der Waals surface area contributed by atoms with Crippen molar-refractivity contribution in [1.82, 2.24) is 0 Å². The van der Waals surface area contributed by atoms with Crippen LogP contribution < -0.4 is 0 Å². The summed E-state index contributed by atoms with van der Waals surface area (Å²) in [4.78, 5) is 0. The molecule has 0 unspecified atom stereocenters. The zero-order valence-corrected chi connectivity index (χ0v) is 14.0. The van der Waals surface area contributed by atoms with E-state index in [4.69, 9.17) is 0 Å². The van der Waals surface area contributed by atoms with Crippen molar-refractivity contribution in [2.45, 2.75) is 32.1 Å². The molecule has 0 amide bonds. The molecule has 0 N–H and O–H groups in total. The van der Waals surface area contributed by atoms with Crippen LogP contribution in [0.15, 0.2) is 24.3 Å². The minimum atomic E-state index is 0. The van der Waals surface area contributed by atoms with E-state index in [9.17, 15) is 0 Å². The van der Waals surface area contributed by atoms with Crippen LogP contribution in [-0.2, 0) is 6.42 Å². The van der Waals surface area contributed by atoms with Gasteiger partial charge in [-0.15, -0.1) is 0 Å². The van der Waals surface area contributed by atoms with Crippen LogP contribution in [-0.4, -0.2) is 0 Å². The fraction of sp³-hybridized carbons (Fsp3) is 0.429. The van der Waals surface area contributed by atoms with Gasteiger partial charge in [0.2, 0.25) is 0 Å². The molecule has 0 radical (unpaired) electrons. The second-order valence-corrected chi connectivity index (χ2v) is 3.96. The van der Waals surface area contributed by atoms with Crippen LogP contribution in [0, 0.1) is 51.4 Å². The average Bonchev–Trinajstić information content (AvgIpc) is 2.96. The van der Waals surface area contributed by atoms with Gasteiger partial charge in [-0.05, 0) is 23.8 Å². The van der Waals surface area contributed by atoms with Crippen molar-refractivity contribution in [3.8, 4) is 0 Å². The van der Waals surface area contributed by atoms with Crippen molar-refractivity contribution in [2.24, 2.45) is 5.92 Å². The Morgan fingerprint density at radius 1 is 1.33 bits per heavy atom. The molecule has 2 atom stereocenters. The fourth-order valence-corrected chi connectivity index (χ4v) is 2.20. The summed E-state index contributed by atoms with van der Waals surface area (Å²) in [5.74, 6) is 1.80. The molecule has 0 saturated heterocycles. The maximum absolute atomic E-state index is 3.98. The molecule has 1 aromatic carbocycles. The Morgan fingerprint density at radius 3 is 2.53 bits per heavy atom. The summed E-state index contributed by atoms with van der Waals surface area (Å²) >= 11 is 0. The molecule has 1 aliphatic rings. The summed E-state index contributed by atoms with van der Waals surface area (Å²) in [6.45, 7) is 6.27. The first kappa shape index (κ1) is 15.3. The molecule has 1 aromatic rings. The molecule has 2 rings (SSSR count). The summed E-state index contributed by atoms with van der Waals surface area (Å²) in [7, 11) is 0. The van der Waals surface area contributed by atoms with Crippen LogP contribution in [0.25, 0.3) is 0 Å². The third-order valence-electron chi connectivity index (χ3n) is 3.17. The first-order chi connectivity index (χ1) is 6.36. The van der Waals surface area contributed by atoms with E-state index in [1.165, 1.54) is 18.4 Å². The second kappa shape index (κ2) is 6.77. The zero-order valence-electron chi connectivity index (χ0n) is 9.79. The van der Waals surface area contributed by atoms with Crippen LogP contribution >= 0.6 is 0 Å². The Labute approximate surface area is 118 Å². The molecule has 0 nitrogen and oxygen atoms in total. The average molecular weight is 426 g/mol. The minimum Gasteiger partial charge on any atom is -0.358 e. The minimum absolute atomic E-state index is 0. The monoisotopic (exact) mass is 426 g/mol. The Kier molecular flexibility index (Phi) is 6.89. The van der Waals surface area contributed by atoms with Crippen molar-refractivity contribution >= 4 is 0 Å².